The van der Waals surface area contributed by atoms with Gasteiger partial charge in [-0.05, 0) is 27.2 Å². The van der Waals surface area contributed by atoms with E-state index in [0.717, 1.165) is 6.42 Å². The molecule has 0 radical (unpaired) electrons. The van der Waals surface area contributed by atoms with Crippen molar-refractivity contribution in [2.24, 2.45) is 0 Å². The summed E-state index contributed by atoms with van der Waals surface area (Å²) < 4.78 is -0.638. The zero-order valence-corrected chi connectivity index (χ0v) is 9.72. The first-order valence-corrected chi connectivity index (χ1v) is 5.18. The molecule has 0 bridgehead atoms. The highest BCUT2D eigenvalue weighted by Crippen LogP contribution is 2.26. The molecule has 1 aliphatic rings. The molecule has 0 aliphatic carbocycles. The maximum atomic E-state index is 11.7. The number of halogens is 1. The first kappa shape index (κ1) is 10.7. The van der Waals surface area contributed by atoms with Gasteiger partial charge in [-0.1, -0.05) is 15.9 Å². The second kappa shape index (κ2) is 3.40. The Morgan fingerprint density at radius 2 is 2.15 bits per heavy atom. The Bertz CT molecular complexity index is 244. The van der Waals surface area contributed by atoms with E-state index in [1.807, 2.05) is 6.92 Å². The topological polar surface area (TPSA) is 37.4 Å². The predicted molar refractivity (Wildman–Crippen MR) is 53.6 cm³/mol. The Morgan fingerprint density at radius 1 is 1.62 bits per heavy atom. The highest BCUT2D eigenvalue weighted by atomic mass is 79.9. The minimum Gasteiger partial charge on any atom is -0.279 e. The van der Waals surface area contributed by atoms with Crippen LogP contribution in [-0.4, -0.2) is 27.1 Å². The van der Waals surface area contributed by atoms with Crippen LogP contribution in [0, 0.1) is 0 Å². The van der Waals surface area contributed by atoms with Gasteiger partial charge in [-0.25, -0.2) is 0 Å². The van der Waals surface area contributed by atoms with Crippen molar-refractivity contribution in [3.63, 3.8) is 0 Å². The van der Waals surface area contributed by atoms with Gasteiger partial charge in [0.15, 0.2) is 0 Å². The average molecular weight is 248 g/mol. The summed E-state index contributed by atoms with van der Waals surface area (Å²) in [4.78, 5) is 24.5. The van der Waals surface area contributed by atoms with E-state index >= 15 is 0 Å². The van der Waals surface area contributed by atoms with Crippen LogP contribution < -0.4 is 0 Å². The second-order valence-electron chi connectivity index (χ2n) is 3.93. The van der Waals surface area contributed by atoms with Crippen molar-refractivity contribution < 1.29 is 9.59 Å². The van der Waals surface area contributed by atoms with Gasteiger partial charge in [-0.15, -0.1) is 0 Å². The fourth-order valence-electron chi connectivity index (χ4n) is 1.43. The summed E-state index contributed by atoms with van der Waals surface area (Å²) in [6.07, 6.45) is 1.28. The summed E-state index contributed by atoms with van der Waals surface area (Å²) >= 11 is 3.27. The molecule has 0 aromatic rings. The molecule has 1 rings (SSSR count). The molecule has 0 saturated carbocycles. The van der Waals surface area contributed by atoms with Gasteiger partial charge in [-0.3, -0.25) is 14.5 Å². The smallest absolute Gasteiger partial charge is 0.245 e. The van der Waals surface area contributed by atoms with Crippen LogP contribution in [0.4, 0.5) is 0 Å². The fraction of sp³-hybridized carbons (Fsp3) is 0.778. The van der Waals surface area contributed by atoms with Crippen LogP contribution in [0.2, 0.25) is 0 Å². The van der Waals surface area contributed by atoms with Crippen LogP contribution >= 0.6 is 15.9 Å². The minimum atomic E-state index is -0.638. The number of carbonyl (C=O) groups is 2. The zero-order chi connectivity index (χ0) is 10.2. The van der Waals surface area contributed by atoms with Crippen LogP contribution in [-0.2, 0) is 9.59 Å². The van der Waals surface area contributed by atoms with Crippen LogP contribution in [0.15, 0.2) is 0 Å². The predicted octanol–water partition coefficient (Wildman–Crippen LogP) is 1.70. The molecule has 0 spiro atoms. The molecular formula is C9H14BrNO2. The third-order valence-corrected chi connectivity index (χ3v) is 2.55. The number of nitrogens with zero attached hydrogens (tertiary/aromatic N) is 1. The average Bonchev–Trinajstić information content (AvgIpc) is 2.28. The van der Waals surface area contributed by atoms with Crippen LogP contribution in [0.5, 0.6) is 0 Å². The normalized spacial score (nSPS) is 23.8. The summed E-state index contributed by atoms with van der Waals surface area (Å²) in [6.45, 7) is 5.42. The van der Waals surface area contributed by atoms with Gasteiger partial charge in [-0.2, -0.15) is 0 Å². The number of rotatable bonds is 1. The standard InChI is InChI=1S/C9H14BrNO2/c1-6-4-5-7(12)11(6)8(13)9(2,3)10/h6H,4-5H2,1-3H3. The summed E-state index contributed by atoms with van der Waals surface area (Å²) in [5.41, 5.74) is 0. The van der Waals surface area contributed by atoms with E-state index in [0.29, 0.717) is 6.42 Å². The van der Waals surface area contributed by atoms with E-state index in [1.54, 1.807) is 13.8 Å². The molecule has 3 nitrogen and oxygen atoms in total. The van der Waals surface area contributed by atoms with E-state index in [9.17, 15) is 9.59 Å². The van der Waals surface area contributed by atoms with Crippen LogP contribution in [0.3, 0.4) is 0 Å². The molecule has 0 aromatic carbocycles. The van der Waals surface area contributed by atoms with Crippen LogP contribution in [0.25, 0.3) is 0 Å². The Morgan fingerprint density at radius 3 is 2.46 bits per heavy atom. The summed E-state index contributed by atoms with van der Waals surface area (Å²) in [6, 6.07) is 0.0526. The van der Waals surface area contributed by atoms with E-state index < -0.39 is 4.32 Å². The third-order valence-electron chi connectivity index (χ3n) is 2.21. The molecule has 1 aliphatic heterocycles. The van der Waals surface area contributed by atoms with Crippen LogP contribution in [0.1, 0.15) is 33.6 Å². The lowest BCUT2D eigenvalue weighted by Gasteiger charge is -2.26. The number of likely N-dealkylation sites (tertiary alicyclic amines) is 1. The second-order valence-corrected chi connectivity index (χ2v) is 5.91. The molecule has 4 heteroatoms. The van der Waals surface area contributed by atoms with E-state index in [-0.39, 0.29) is 17.9 Å². The van der Waals surface area contributed by atoms with Gasteiger partial charge in [0.1, 0.15) is 0 Å². The van der Waals surface area contributed by atoms with Crippen molar-refractivity contribution in [3.8, 4) is 0 Å². The Hall–Kier alpha value is -0.380. The van der Waals surface area contributed by atoms with Crippen molar-refractivity contribution in [1.29, 1.82) is 0 Å². The Labute approximate surface area is 86.6 Å². The lowest BCUT2D eigenvalue weighted by Crippen LogP contribution is -2.45. The zero-order valence-electron chi connectivity index (χ0n) is 8.13. The molecule has 13 heavy (non-hydrogen) atoms. The molecule has 1 atom stereocenters. The van der Waals surface area contributed by atoms with Gasteiger partial charge >= 0.3 is 0 Å². The van der Waals surface area contributed by atoms with Gasteiger partial charge in [0.05, 0.1) is 4.32 Å². The summed E-state index contributed by atoms with van der Waals surface area (Å²) in [5.74, 6) is -0.187. The number of carbonyl (C=O) groups excluding carboxylic acids is 2. The highest BCUT2D eigenvalue weighted by molar-refractivity contribution is 9.10. The first-order valence-electron chi connectivity index (χ1n) is 4.39. The number of hydrogen-bond donors (Lipinski definition) is 0. The molecule has 0 aromatic heterocycles. The third kappa shape index (κ3) is 2.10. The Kier molecular flexibility index (Phi) is 2.80. The molecule has 1 unspecified atom stereocenters. The maximum Gasteiger partial charge on any atom is 0.245 e. The van der Waals surface area contributed by atoms with Gasteiger partial charge in [0.2, 0.25) is 11.8 Å². The molecule has 1 saturated heterocycles. The molecule has 1 fully saturated rings. The molecule has 74 valence electrons. The fourth-order valence-corrected chi connectivity index (χ4v) is 1.62. The van der Waals surface area contributed by atoms with Gasteiger partial charge in [0, 0.05) is 12.5 Å². The summed E-state index contributed by atoms with van der Waals surface area (Å²) in [7, 11) is 0. The number of hydrogen-bond acceptors (Lipinski definition) is 2. The van der Waals surface area contributed by atoms with Crippen molar-refractivity contribution in [2.75, 3.05) is 0 Å². The Balaban J connectivity index is 2.82. The van der Waals surface area contributed by atoms with Crippen molar-refractivity contribution >= 4 is 27.7 Å². The van der Waals surface area contributed by atoms with Gasteiger partial charge < -0.3 is 0 Å². The van der Waals surface area contributed by atoms with E-state index in [4.69, 9.17) is 0 Å². The van der Waals surface area contributed by atoms with E-state index in [1.165, 1.54) is 4.90 Å². The number of amides is 2. The largest absolute Gasteiger partial charge is 0.279 e. The molecule has 0 N–H and O–H groups in total. The number of imide groups is 1. The summed E-state index contributed by atoms with van der Waals surface area (Å²) in [5, 5.41) is 0. The quantitative estimate of drug-likeness (QED) is 0.662. The lowest BCUT2D eigenvalue weighted by atomic mass is 10.1. The SMILES string of the molecule is CC1CCC(=O)N1C(=O)C(C)(C)Br. The van der Waals surface area contributed by atoms with Gasteiger partial charge in [0.25, 0.3) is 0 Å². The van der Waals surface area contributed by atoms with Crippen molar-refractivity contribution in [2.45, 2.75) is 44.0 Å². The minimum absolute atomic E-state index is 0.0509. The van der Waals surface area contributed by atoms with E-state index in [2.05, 4.69) is 15.9 Å². The lowest BCUT2D eigenvalue weighted by molar-refractivity contribution is -0.144. The highest BCUT2D eigenvalue weighted by Gasteiger charge is 2.39. The number of alkyl halides is 1. The molecular weight excluding hydrogens is 234 g/mol. The molecule has 1 heterocycles. The monoisotopic (exact) mass is 247 g/mol. The first-order chi connectivity index (χ1) is 5.84. The van der Waals surface area contributed by atoms with Crippen molar-refractivity contribution in [3.05, 3.63) is 0 Å². The maximum absolute atomic E-state index is 11.7. The van der Waals surface area contributed by atoms with Crippen molar-refractivity contribution in [1.82, 2.24) is 4.90 Å². The molecule has 2 amide bonds.